The van der Waals surface area contributed by atoms with E-state index in [4.69, 9.17) is 14.2 Å². The van der Waals surface area contributed by atoms with E-state index in [1.54, 1.807) is 0 Å². The van der Waals surface area contributed by atoms with Crippen LogP contribution in [0.15, 0.2) is 55.1 Å². The van der Waals surface area contributed by atoms with Gasteiger partial charge in [0.05, 0.1) is 24.5 Å². The lowest BCUT2D eigenvalue weighted by atomic mass is 9.96. The Kier molecular flexibility index (Phi) is 6.93. The number of carbonyl (C=O) groups excluding carboxylic acids is 2. The van der Waals surface area contributed by atoms with Gasteiger partial charge in [-0.15, -0.1) is 0 Å². The van der Waals surface area contributed by atoms with Crippen LogP contribution >= 0.6 is 0 Å². The molecule has 0 heterocycles. The van der Waals surface area contributed by atoms with Crippen LogP contribution in [0.25, 0.3) is 10.8 Å². The predicted octanol–water partition coefficient (Wildman–Crippen LogP) is 4.82. The maximum absolute atomic E-state index is 12.7. The summed E-state index contributed by atoms with van der Waals surface area (Å²) in [5, 5.41) is 2.30. The molecule has 3 unspecified atom stereocenters. The van der Waals surface area contributed by atoms with E-state index in [9.17, 15) is 9.59 Å². The Morgan fingerprint density at radius 2 is 1.70 bits per heavy atom. The van der Waals surface area contributed by atoms with Gasteiger partial charge in [-0.3, -0.25) is 9.59 Å². The Balaban J connectivity index is 1.71. The molecule has 0 spiro atoms. The summed E-state index contributed by atoms with van der Waals surface area (Å²) in [5.74, 6) is -1.92. The summed E-state index contributed by atoms with van der Waals surface area (Å²) in [6.07, 6.45) is 2.17. The second-order valence-electron chi connectivity index (χ2n) is 8.71. The molecule has 3 atom stereocenters. The zero-order valence-corrected chi connectivity index (χ0v) is 17.9. The summed E-state index contributed by atoms with van der Waals surface area (Å²) in [6, 6.07) is 14.3. The molecule has 1 aliphatic carbocycles. The minimum absolute atomic E-state index is 0.123. The SMILES string of the molecule is C=CCOC(=O)C1CC(OCc2cccc3ccccc23)CC1C(=O)OC(C)(C)C. The smallest absolute Gasteiger partial charge is 0.310 e. The lowest BCUT2D eigenvalue weighted by molar-refractivity contribution is -0.166. The van der Waals surface area contributed by atoms with Crippen molar-refractivity contribution >= 4 is 22.7 Å². The molecular formula is C25H30O5. The van der Waals surface area contributed by atoms with E-state index >= 15 is 0 Å². The first-order chi connectivity index (χ1) is 14.3. The topological polar surface area (TPSA) is 61.8 Å². The molecule has 2 aromatic rings. The zero-order valence-electron chi connectivity index (χ0n) is 17.9. The maximum atomic E-state index is 12.7. The number of benzene rings is 2. The molecular weight excluding hydrogens is 380 g/mol. The van der Waals surface area contributed by atoms with Crippen molar-refractivity contribution in [3.63, 3.8) is 0 Å². The van der Waals surface area contributed by atoms with Crippen LogP contribution < -0.4 is 0 Å². The van der Waals surface area contributed by atoms with Crippen molar-refractivity contribution in [2.75, 3.05) is 6.61 Å². The number of hydrogen-bond donors (Lipinski definition) is 0. The number of fused-ring (bicyclic) bond motifs is 1. The fourth-order valence-electron chi connectivity index (χ4n) is 3.90. The van der Waals surface area contributed by atoms with Crippen LogP contribution in [-0.4, -0.2) is 30.3 Å². The lowest BCUT2D eigenvalue weighted by Crippen LogP contribution is -2.33. The summed E-state index contributed by atoms with van der Waals surface area (Å²) in [7, 11) is 0. The molecule has 3 rings (SSSR count). The molecule has 0 bridgehead atoms. The molecule has 1 fully saturated rings. The largest absolute Gasteiger partial charge is 0.461 e. The molecule has 0 N–H and O–H groups in total. The van der Waals surface area contributed by atoms with Crippen molar-refractivity contribution in [1.82, 2.24) is 0 Å². The van der Waals surface area contributed by atoms with Crippen molar-refractivity contribution in [1.29, 1.82) is 0 Å². The van der Waals surface area contributed by atoms with Crippen LogP contribution in [0.2, 0.25) is 0 Å². The van der Waals surface area contributed by atoms with E-state index in [0.29, 0.717) is 19.4 Å². The summed E-state index contributed by atoms with van der Waals surface area (Å²) in [4.78, 5) is 25.3. The number of hydrogen-bond acceptors (Lipinski definition) is 5. The molecule has 0 saturated heterocycles. The summed E-state index contributed by atoms with van der Waals surface area (Å²) in [6.45, 7) is 9.57. The monoisotopic (exact) mass is 410 g/mol. The normalized spacial score (nSPS) is 21.4. The van der Waals surface area contributed by atoms with Gasteiger partial charge < -0.3 is 14.2 Å². The standard InChI is InChI=1S/C25H30O5/c1-5-13-28-23(26)21-14-19(15-22(21)24(27)30-25(2,3)4)29-16-18-11-8-10-17-9-6-7-12-20(17)18/h5-12,19,21-22H,1,13-16H2,2-4H3. The van der Waals surface area contributed by atoms with E-state index in [0.717, 1.165) is 16.3 Å². The molecule has 0 aromatic heterocycles. The number of ether oxygens (including phenoxy) is 3. The average Bonchev–Trinajstić information content (AvgIpc) is 3.14. The van der Waals surface area contributed by atoms with Crippen molar-refractivity contribution in [2.45, 2.75) is 51.9 Å². The predicted molar refractivity (Wildman–Crippen MR) is 116 cm³/mol. The van der Waals surface area contributed by atoms with Crippen LogP contribution in [0, 0.1) is 11.8 Å². The van der Waals surface area contributed by atoms with Gasteiger partial charge in [0.15, 0.2) is 0 Å². The fraction of sp³-hybridized carbons (Fsp3) is 0.440. The zero-order chi connectivity index (χ0) is 21.7. The summed E-state index contributed by atoms with van der Waals surface area (Å²) in [5.41, 5.74) is 0.466. The van der Waals surface area contributed by atoms with Gasteiger partial charge in [-0.1, -0.05) is 55.1 Å². The molecule has 0 radical (unpaired) electrons. The third-order valence-corrected chi connectivity index (χ3v) is 5.23. The molecule has 2 aromatic carbocycles. The van der Waals surface area contributed by atoms with Gasteiger partial charge in [0.25, 0.3) is 0 Å². The molecule has 0 amide bonds. The van der Waals surface area contributed by atoms with Crippen molar-refractivity contribution in [3.05, 3.63) is 60.7 Å². The molecule has 1 aliphatic rings. The minimum atomic E-state index is -0.617. The Bertz CT molecular complexity index is 906. The highest BCUT2D eigenvalue weighted by Gasteiger charge is 2.45. The molecule has 5 heteroatoms. The van der Waals surface area contributed by atoms with E-state index in [2.05, 4.69) is 24.8 Å². The van der Waals surface area contributed by atoms with Crippen LogP contribution in [0.1, 0.15) is 39.2 Å². The lowest BCUT2D eigenvalue weighted by Gasteiger charge is -2.24. The van der Waals surface area contributed by atoms with Gasteiger partial charge in [0, 0.05) is 0 Å². The Labute approximate surface area is 178 Å². The van der Waals surface area contributed by atoms with Crippen molar-refractivity contribution < 1.29 is 23.8 Å². The van der Waals surface area contributed by atoms with Gasteiger partial charge in [-0.05, 0) is 49.9 Å². The van der Waals surface area contributed by atoms with E-state index < -0.39 is 23.4 Å². The maximum Gasteiger partial charge on any atom is 0.310 e. The van der Waals surface area contributed by atoms with Crippen LogP contribution in [-0.2, 0) is 30.4 Å². The second-order valence-corrected chi connectivity index (χ2v) is 8.71. The van der Waals surface area contributed by atoms with E-state index in [1.807, 2.05) is 45.0 Å². The first-order valence-electron chi connectivity index (χ1n) is 10.4. The fourth-order valence-corrected chi connectivity index (χ4v) is 3.90. The molecule has 5 nitrogen and oxygen atoms in total. The highest BCUT2D eigenvalue weighted by atomic mass is 16.6. The molecule has 160 valence electrons. The molecule has 1 saturated carbocycles. The highest BCUT2D eigenvalue weighted by Crippen LogP contribution is 2.37. The molecule has 0 aliphatic heterocycles. The van der Waals surface area contributed by atoms with Crippen molar-refractivity contribution in [3.8, 4) is 0 Å². The second kappa shape index (κ2) is 9.43. The van der Waals surface area contributed by atoms with Gasteiger partial charge in [0.2, 0.25) is 0 Å². The Morgan fingerprint density at radius 1 is 1.03 bits per heavy atom. The number of rotatable bonds is 7. The van der Waals surface area contributed by atoms with Crippen LogP contribution in [0.5, 0.6) is 0 Å². The Hall–Kier alpha value is -2.66. The van der Waals surface area contributed by atoms with Crippen LogP contribution in [0.4, 0.5) is 0 Å². The number of esters is 2. The first-order valence-corrected chi connectivity index (χ1v) is 10.4. The average molecular weight is 411 g/mol. The highest BCUT2D eigenvalue weighted by molar-refractivity contribution is 5.85. The quantitative estimate of drug-likeness (QED) is 0.484. The summed E-state index contributed by atoms with van der Waals surface area (Å²) < 4.78 is 16.9. The Morgan fingerprint density at radius 3 is 2.40 bits per heavy atom. The third kappa shape index (κ3) is 5.48. The van der Waals surface area contributed by atoms with E-state index in [-0.39, 0.29) is 18.7 Å². The van der Waals surface area contributed by atoms with Gasteiger partial charge >= 0.3 is 11.9 Å². The van der Waals surface area contributed by atoms with Gasteiger partial charge in [0.1, 0.15) is 12.2 Å². The van der Waals surface area contributed by atoms with E-state index in [1.165, 1.54) is 6.08 Å². The summed E-state index contributed by atoms with van der Waals surface area (Å²) >= 11 is 0. The van der Waals surface area contributed by atoms with Gasteiger partial charge in [-0.2, -0.15) is 0 Å². The third-order valence-electron chi connectivity index (χ3n) is 5.23. The van der Waals surface area contributed by atoms with Crippen molar-refractivity contribution in [2.24, 2.45) is 11.8 Å². The van der Waals surface area contributed by atoms with Gasteiger partial charge in [-0.25, -0.2) is 0 Å². The first kappa shape index (κ1) is 22.0. The molecule has 30 heavy (non-hydrogen) atoms. The minimum Gasteiger partial charge on any atom is -0.461 e. The van der Waals surface area contributed by atoms with Crippen LogP contribution in [0.3, 0.4) is 0 Å². The number of carbonyl (C=O) groups is 2.